The molecule has 4 heteroatoms. The number of unbranched alkanes of at least 4 members (excludes halogenated alkanes) is 16. The predicted molar refractivity (Wildman–Crippen MR) is 156 cm³/mol. The Hall–Kier alpha value is -1.26. The summed E-state index contributed by atoms with van der Waals surface area (Å²) >= 11 is 0. The van der Waals surface area contributed by atoms with Gasteiger partial charge in [0, 0.05) is 18.8 Å². The van der Waals surface area contributed by atoms with Gasteiger partial charge in [-0.15, -0.1) is 0 Å². The minimum Gasteiger partial charge on any atom is -0.508 e. The zero-order chi connectivity index (χ0) is 26.3. The van der Waals surface area contributed by atoms with E-state index >= 15 is 0 Å². The van der Waals surface area contributed by atoms with Gasteiger partial charge in [0.2, 0.25) is 0 Å². The molecular formula is C32H59NO3. The molecule has 0 bridgehead atoms. The Morgan fingerprint density at radius 3 is 1.22 bits per heavy atom. The van der Waals surface area contributed by atoms with Crippen molar-refractivity contribution in [3.8, 4) is 5.75 Å². The zero-order valence-electron chi connectivity index (χ0n) is 23.8. The highest BCUT2D eigenvalue weighted by atomic mass is 16.3. The SMILES string of the molecule is CCCCCCCCCCCC(O)CN(CC(O)CCCCCCCCCCC)c1ccc(O)cc1. The number of phenols is 1. The van der Waals surface area contributed by atoms with E-state index in [1.54, 1.807) is 12.1 Å². The van der Waals surface area contributed by atoms with E-state index in [0.717, 1.165) is 31.4 Å². The molecule has 2 unspecified atom stereocenters. The van der Waals surface area contributed by atoms with E-state index < -0.39 is 12.2 Å². The topological polar surface area (TPSA) is 63.9 Å². The number of aliphatic hydroxyl groups is 2. The van der Waals surface area contributed by atoms with Gasteiger partial charge in [0.05, 0.1) is 12.2 Å². The van der Waals surface area contributed by atoms with E-state index in [9.17, 15) is 15.3 Å². The number of rotatable bonds is 25. The monoisotopic (exact) mass is 505 g/mol. The third-order valence-electron chi connectivity index (χ3n) is 7.36. The molecule has 36 heavy (non-hydrogen) atoms. The minimum absolute atomic E-state index is 0.240. The Balaban J connectivity index is 2.31. The van der Waals surface area contributed by atoms with E-state index in [2.05, 4.69) is 18.7 Å². The molecule has 0 aliphatic heterocycles. The average Bonchev–Trinajstić information content (AvgIpc) is 2.87. The molecule has 2 atom stereocenters. The number of hydrogen-bond donors (Lipinski definition) is 3. The third kappa shape index (κ3) is 18.1. The van der Waals surface area contributed by atoms with Crippen molar-refractivity contribution in [2.75, 3.05) is 18.0 Å². The van der Waals surface area contributed by atoms with Crippen LogP contribution in [0.5, 0.6) is 5.75 Å². The van der Waals surface area contributed by atoms with Crippen LogP contribution in [0, 0.1) is 0 Å². The quantitative estimate of drug-likeness (QED) is 0.116. The molecule has 0 fully saturated rings. The van der Waals surface area contributed by atoms with Crippen molar-refractivity contribution in [3.05, 3.63) is 24.3 Å². The number of hydrogen-bond acceptors (Lipinski definition) is 4. The molecule has 0 aliphatic carbocycles. The second-order valence-corrected chi connectivity index (χ2v) is 11.0. The Kier molecular flexibility index (Phi) is 20.8. The van der Waals surface area contributed by atoms with E-state index in [1.165, 1.54) is 103 Å². The van der Waals surface area contributed by atoms with Crippen LogP contribution >= 0.6 is 0 Å². The van der Waals surface area contributed by atoms with Gasteiger partial charge < -0.3 is 20.2 Å². The van der Waals surface area contributed by atoms with Gasteiger partial charge >= 0.3 is 0 Å². The number of anilines is 1. The van der Waals surface area contributed by atoms with Gasteiger partial charge in [-0.25, -0.2) is 0 Å². The fourth-order valence-corrected chi connectivity index (χ4v) is 5.02. The highest BCUT2D eigenvalue weighted by Crippen LogP contribution is 2.21. The van der Waals surface area contributed by atoms with Gasteiger partial charge in [0.1, 0.15) is 5.75 Å². The molecule has 0 heterocycles. The van der Waals surface area contributed by atoms with Crippen LogP contribution < -0.4 is 4.90 Å². The largest absolute Gasteiger partial charge is 0.508 e. The molecule has 1 rings (SSSR count). The zero-order valence-corrected chi connectivity index (χ0v) is 23.8. The van der Waals surface area contributed by atoms with E-state index in [1.807, 2.05) is 12.1 Å². The molecule has 0 saturated heterocycles. The summed E-state index contributed by atoms with van der Waals surface area (Å²) in [6, 6.07) is 7.13. The van der Waals surface area contributed by atoms with E-state index in [0.29, 0.717) is 13.1 Å². The maximum Gasteiger partial charge on any atom is 0.115 e. The van der Waals surface area contributed by atoms with Crippen molar-refractivity contribution in [3.63, 3.8) is 0 Å². The van der Waals surface area contributed by atoms with Crippen molar-refractivity contribution in [2.24, 2.45) is 0 Å². The second-order valence-electron chi connectivity index (χ2n) is 11.0. The van der Waals surface area contributed by atoms with E-state index in [4.69, 9.17) is 0 Å². The molecular weight excluding hydrogens is 446 g/mol. The van der Waals surface area contributed by atoms with Crippen LogP contribution in [-0.4, -0.2) is 40.6 Å². The lowest BCUT2D eigenvalue weighted by Gasteiger charge is -2.29. The Labute approximate surface area is 223 Å². The fourth-order valence-electron chi connectivity index (χ4n) is 5.02. The van der Waals surface area contributed by atoms with Gasteiger partial charge in [0.25, 0.3) is 0 Å². The maximum absolute atomic E-state index is 10.7. The Bertz CT molecular complexity index is 562. The highest BCUT2D eigenvalue weighted by molar-refractivity contribution is 5.49. The standard InChI is InChI=1S/C32H59NO3/c1-3-5-7-9-11-13-15-17-19-21-31(35)27-33(29-23-25-30(34)26-24-29)28-32(36)22-20-18-16-14-12-10-8-6-4-2/h23-26,31-32,34-36H,3-22,27-28H2,1-2H3. The number of benzene rings is 1. The minimum atomic E-state index is -0.400. The lowest BCUT2D eigenvalue weighted by atomic mass is 10.0. The lowest BCUT2D eigenvalue weighted by molar-refractivity contribution is 0.145. The molecule has 1 aromatic rings. The van der Waals surface area contributed by atoms with Crippen LogP contribution in [0.3, 0.4) is 0 Å². The van der Waals surface area contributed by atoms with Gasteiger partial charge in [-0.3, -0.25) is 0 Å². The molecule has 0 amide bonds. The maximum atomic E-state index is 10.7. The summed E-state index contributed by atoms with van der Waals surface area (Å²) in [4.78, 5) is 2.09. The second kappa shape index (κ2) is 22.9. The number of phenolic OH excluding ortho intramolecular Hbond substituents is 1. The first-order chi connectivity index (χ1) is 17.6. The Morgan fingerprint density at radius 2 is 0.861 bits per heavy atom. The summed E-state index contributed by atoms with van der Waals surface area (Å²) in [7, 11) is 0. The van der Waals surface area contributed by atoms with Crippen LogP contribution in [-0.2, 0) is 0 Å². The number of nitrogens with zero attached hydrogens (tertiary/aromatic N) is 1. The molecule has 210 valence electrons. The van der Waals surface area contributed by atoms with Crippen LogP contribution in [0.25, 0.3) is 0 Å². The van der Waals surface area contributed by atoms with Crippen molar-refractivity contribution < 1.29 is 15.3 Å². The molecule has 0 aliphatic rings. The normalized spacial score (nSPS) is 13.1. The Morgan fingerprint density at radius 1 is 0.528 bits per heavy atom. The average molecular weight is 506 g/mol. The first-order valence-electron chi connectivity index (χ1n) is 15.5. The van der Waals surface area contributed by atoms with Crippen molar-refractivity contribution in [1.82, 2.24) is 0 Å². The smallest absolute Gasteiger partial charge is 0.115 e. The van der Waals surface area contributed by atoms with Crippen LogP contribution in [0.2, 0.25) is 0 Å². The van der Waals surface area contributed by atoms with E-state index in [-0.39, 0.29) is 5.75 Å². The molecule has 3 N–H and O–H groups in total. The summed E-state index contributed by atoms with van der Waals surface area (Å²) in [6.07, 6.45) is 23.9. The summed E-state index contributed by atoms with van der Waals surface area (Å²) < 4.78 is 0. The van der Waals surface area contributed by atoms with Crippen molar-refractivity contribution in [1.29, 1.82) is 0 Å². The number of aromatic hydroxyl groups is 1. The first kappa shape index (κ1) is 32.8. The molecule has 4 nitrogen and oxygen atoms in total. The summed E-state index contributed by atoms with van der Waals surface area (Å²) in [5.74, 6) is 0.240. The van der Waals surface area contributed by atoms with Crippen LogP contribution in [0.4, 0.5) is 5.69 Å². The lowest BCUT2D eigenvalue weighted by Crippen LogP contribution is -2.38. The van der Waals surface area contributed by atoms with Crippen molar-refractivity contribution >= 4 is 5.69 Å². The molecule has 0 saturated carbocycles. The van der Waals surface area contributed by atoms with Crippen molar-refractivity contribution in [2.45, 2.75) is 154 Å². The van der Waals surface area contributed by atoms with Crippen LogP contribution in [0.15, 0.2) is 24.3 Å². The molecule has 0 aromatic heterocycles. The van der Waals surface area contributed by atoms with Gasteiger partial charge in [-0.2, -0.15) is 0 Å². The molecule has 0 radical (unpaired) electrons. The van der Waals surface area contributed by atoms with Crippen LogP contribution in [0.1, 0.15) is 142 Å². The fraction of sp³-hybridized carbons (Fsp3) is 0.812. The highest BCUT2D eigenvalue weighted by Gasteiger charge is 2.16. The van der Waals surface area contributed by atoms with Gasteiger partial charge in [-0.1, -0.05) is 129 Å². The summed E-state index contributed by atoms with van der Waals surface area (Å²) in [6.45, 7) is 5.56. The third-order valence-corrected chi connectivity index (χ3v) is 7.36. The first-order valence-corrected chi connectivity index (χ1v) is 15.5. The summed E-state index contributed by atoms with van der Waals surface area (Å²) in [5, 5.41) is 31.1. The predicted octanol–water partition coefficient (Wildman–Crippen LogP) is 8.76. The van der Waals surface area contributed by atoms with Gasteiger partial charge in [-0.05, 0) is 37.1 Å². The summed E-state index contributed by atoms with van der Waals surface area (Å²) in [5.41, 5.74) is 0.949. The molecule has 0 spiro atoms. The molecule has 1 aromatic carbocycles. The number of aliphatic hydroxyl groups excluding tert-OH is 2. The van der Waals surface area contributed by atoms with Gasteiger partial charge in [0.15, 0.2) is 0 Å².